The highest BCUT2D eigenvalue weighted by atomic mass is 16.5. The van der Waals surface area contributed by atoms with E-state index in [4.69, 9.17) is 15.7 Å². The minimum absolute atomic E-state index is 0.0877. The van der Waals surface area contributed by atoms with Gasteiger partial charge in [-0.05, 0) is 31.2 Å². The predicted molar refractivity (Wildman–Crippen MR) is 63.9 cm³/mol. The molecule has 0 spiro atoms. The summed E-state index contributed by atoms with van der Waals surface area (Å²) in [6, 6.07) is 5.91. The molecule has 0 fully saturated rings. The highest BCUT2D eigenvalue weighted by Crippen LogP contribution is 2.15. The van der Waals surface area contributed by atoms with E-state index in [0.29, 0.717) is 11.3 Å². The summed E-state index contributed by atoms with van der Waals surface area (Å²) in [5.41, 5.74) is 7.61. The third-order valence-electron chi connectivity index (χ3n) is 2.11. The van der Waals surface area contributed by atoms with Crippen LogP contribution in [0.25, 0.3) is 0 Å². The van der Waals surface area contributed by atoms with Gasteiger partial charge in [0.05, 0.1) is 0 Å². The third-order valence-corrected chi connectivity index (χ3v) is 2.11. The summed E-state index contributed by atoms with van der Waals surface area (Å²) in [5, 5.41) is 8.82. The molecule has 0 amide bonds. The summed E-state index contributed by atoms with van der Waals surface area (Å²) in [7, 11) is 0. The van der Waals surface area contributed by atoms with Crippen molar-refractivity contribution in [1.29, 1.82) is 0 Å². The second-order valence-electron chi connectivity index (χ2n) is 3.62. The molecule has 0 bridgehead atoms. The summed E-state index contributed by atoms with van der Waals surface area (Å²) in [4.78, 5) is 22.6. The molecule has 0 saturated heterocycles. The van der Waals surface area contributed by atoms with Crippen molar-refractivity contribution in [1.82, 2.24) is 5.48 Å². The monoisotopic (exact) mass is 250 g/mol. The standard InChI is InChI=1S/C12H14N2O4/c1-7(13)11(14-17)12(16)9-3-5-10(6-4-9)18-8(2)15/h3-6,14,17H,13H2,1-2H3. The van der Waals surface area contributed by atoms with Gasteiger partial charge in [0.1, 0.15) is 11.4 Å². The fourth-order valence-electron chi connectivity index (χ4n) is 1.30. The quantitative estimate of drug-likeness (QED) is 0.242. The van der Waals surface area contributed by atoms with Gasteiger partial charge in [0.15, 0.2) is 0 Å². The number of benzene rings is 1. The second-order valence-corrected chi connectivity index (χ2v) is 3.62. The highest BCUT2D eigenvalue weighted by molar-refractivity contribution is 6.08. The lowest BCUT2D eigenvalue weighted by molar-refractivity contribution is -0.131. The van der Waals surface area contributed by atoms with Crippen molar-refractivity contribution in [3.8, 4) is 5.75 Å². The molecule has 1 aromatic rings. The molecular weight excluding hydrogens is 236 g/mol. The zero-order valence-electron chi connectivity index (χ0n) is 10.1. The van der Waals surface area contributed by atoms with Crippen LogP contribution < -0.4 is 16.0 Å². The Morgan fingerprint density at radius 2 is 1.78 bits per heavy atom. The van der Waals surface area contributed by atoms with E-state index in [2.05, 4.69) is 0 Å². The Morgan fingerprint density at radius 1 is 1.22 bits per heavy atom. The maximum Gasteiger partial charge on any atom is 0.308 e. The Hall–Kier alpha value is -2.34. The minimum atomic E-state index is -0.452. The van der Waals surface area contributed by atoms with Crippen LogP contribution in [0.4, 0.5) is 0 Å². The van der Waals surface area contributed by atoms with E-state index in [0.717, 1.165) is 0 Å². The lowest BCUT2D eigenvalue weighted by atomic mass is 10.1. The van der Waals surface area contributed by atoms with Gasteiger partial charge in [0.2, 0.25) is 5.78 Å². The molecule has 0 saturated carbocycles. The van der Waals surface area contributed by atoms with Crippen LogP contribution >= 0.6 is 0 Å². The molecule has 6 nitrogen and oxygen atoms in total. The second kappa shape index (κ2) is 5.83. The fraction of sp³-hybridized carbons (Fsp3) is 0.167. The van der Waals surface area contributed by atoms with Crippen molar-refractivity contribution in [2.24, 2.45) is 5.73 Å². The number of carbonyl (C=O) groups excluding carboxylic acids is 2. The Balaban J connectivity index is 2.95. The van der Waals surface area contributed by atoms with E-state index in [9.17, 15) is 9.59 Å². The van der Waals surface area contributed by atoms with E-state index >= 15 is 0 Å². The van der Waals surface area contributed by atoms with E-state index in [-0.39, 0.29) is 11.4 Å². The SMILES string of the molecule is CC(=O)Oc1ccc(C(=O)C(NO)=C(C)N)cc1. The summed E-state index contributed by atoms with van der Waals surface area (Å²) < 4.78 is 4.83. The Bertz CT molecular complexity index is 487. The number of hydrogen-bond donors (Lipinski definition) is 3. The molecule has 18 heavy (non-hydrogen) atoms. The van der Waals surface area contributed by atoms with E-state index in [1.54, 1.807) is 5.48 Å². The lowest BCUT2D eigenvalue weighted by Crippen LogP contribution is -2.21. The van der Waals surface area contributed by atoms with Gasteiger partial charge in [-0.1, -0.05) is 0 Å². The zero-order valence-corrected chi connectivity index (χ0v) is 10.1. The maximum absolute atomic E-state index is 11.9. The van der Waals surface area contributed by atoms with Crippen LogP contribution in [0.3, 0.4) is 0 Å². The molecule has 0 aliphatic rings. The van der Waals surface area contributed by atoms with Crippen LogP contribution in [-0.2, 0) is 4.79 Å². The molecular formula is C12H14N2O4. The molecule has 1 aromatic carbocycles. The van der Waals surface area contributed by atoms with Crippen molar-refractivity contribution >= 4 is 11.8 Å². The van der Waals surface area contributed by atoms with E-state index in [1.165, 1.54) is 38.1 Å². The van der Waals surface area contributed by atoms with Crippen molar-refractivity contribution in [3.63, 3.8) is 0 Å². The van der Waals surface area contributed by atoms with Crippen LogP contribution in [0.15, 0.2) is 35.7 Å². The maximum atomic E-state index is 11.9. The molecule has 0 aliphatic heterocycles. The highest BCUT2D eigenvalue weighted by Gasteiger charge is 2.13. The Morgan fingerprint density at radius 3 is 2.17 bits per heavy atom. The van der Waals surface area contributed by atoms with Crippen molar-refractivity contribution in [2.75, 3.05) is 0 Å². The lowest BCUT2D eigenvalue weighted by Gasteiger charge is -2.07. The first kappa shape index (κ1) is 13.7. The van der Waals surface area contributed by atoms with Crippen LogP contribution in [0.1, 0.15) is 24.2 Å². The summed E-state index contributed by atoms with van der Waals surface area (Å²) in [6.45, 7) is 2.77. The first-order valence-corrected chi connectivity index (χ1v) is 5.15. The summed E-state index contributed by atoms with van der Waals surface area (Å²) >= 11 is 0. The minimum Gasteiger partial charge on any atom is -0.427 e. The third kappa shape index (κ3) is 3.33. The number of hydrogen-bond acceptors (Lipinski definition) is 6. The van der Waals surface area contributed by atoms with Gasteiger partial charge in [-0.15, -0.1) is 0 Å². The number of hydroxylamine groups is 1. The Labute approximate surface area is 104 Å². The molecule has 0 radical (unpaired) electrons. The molecule has 0 atom stereocenters. The number of ketones is 1. The molecule has 0 heterocycles. The van der Waals surface area contributed by atoms with Crippen molar-refractivity contribution < 1.29 is 19.5 Å². The normalized spacial score (nSPS) is 11.5. The molecule has 0 unspecified atom stereocenters. The van der Waals surface area contributed by atoms with Gasteiger partial charge < -0.3 is 10.5 Å². The largest absolute Gasteiger partial charge is 0.427 e. The van der Waals surface area contributed by atoms with Crippen LogP contribution in [0.5, 0.6) is 5.75 Å². The van der Waals surface area contributed by atoms with Crippen LogP contribution in [-0.4, -0.2) is 17.0 Å². The Kier molecular flexibility index (Phi) is 4.45. The number of esters is 1. The molecule has 1 rings (SSSR count). The molecule has 4 N–H and O–H groups in total. The van der Waals surface area contributed by atoms with Crippen molar-refractivity contribution in [2.45, 2.75) is 13.8 Å². The fourth-order valence-corrected chi connectivity index (χ4v) is 1.30. The molecule has 0 aliphatic carbocycles. The zero-order chi connectivity index (χ0) is 13.7. The summed E-state index contributed by atoms with van der Waals surface area (Å²) in [6.07, 6.45) is 0. The number of Topliss-reactive ketones (excluding diaryl/α,β-unsaturated/α-hetero) is 1. The van der Waals surface area contributed by atoms with Gasteiger partial charge in [0.25, 0.3) is 0 Å². The van der Waals surface area contributed by atoms with Gasteiger partial charge in [-0.3, -0.25) is 20.3 Å². The van der Waals surface area contributed by atoms with Gasteiger partial charge in [-0.25, -0.2) is 0 Å². The number of ether oxygens (including phenoxy) is 1. The van der Waals surface area contributed by atoms with E-state index < -0.39 is 11.8 Å². The van der Waals surface area contributed by atoms with Crippen LogP contribution in [0, 0.1) is 0 Å². The van der Waals surface area contributed by atoms with Crippen LogP contribution in [0.2, 0.25) is 0 Å². The molecule has 96 valence electrons. The number of nitrogens with two attached hydrogens (primary N) is 1. The van der Waals surface area contributed by atoms with Crippen molar-refractivity contribution in [3.05, 3.63) is 41.2 Å². The first-order chi connectivity index (χ1) is 8.45. The van der Waals surface area contributed by atoms with Gasteiger partial charge in [0, 0.05) is 18.2 Å². The number of rotatable bonds is 4. The number of nitrogens with one attached hydrogen (secondary N) is 1. The molecule has 6 heteroatoms. The summed E-state index contributed by atoms with van der Waals surface area (Å²) in [5.74, 6) is -0.553. The predicted octanol–water partition coefficient (Wildman–Crippen LogP) is 0.964. The number of carbonyl (C=O) groups is 2. The average molecular weight is 250 g/mol. The van der Waals surface area contributed by atoms with Gasteiger partial charge >= 0.3 is 5.97 Å². The molecule has 0 aromatic heterocycles. The van der Waals surface area contributed by atoms with E-state index in [1.807, 2.05) is 0 Å². The topological polar surface area (TPSA) is 102 Å². The number of allylic oxidation sites excluding steroid dienone is 2. The first-order valence-electron chi connectivity index (χ1n) is 5.15. The van der Waals surface area contributed by atoms with Gasteiger partial charge in [-0.2, -0.15) is 0 Å². The smallest absolute Gasteiger partial charge is 0.308 e. The average Bonchev–Trinajstić information content (AvgIpc) is 2.29.